The highest BCUT2D eigenvalue weighted by Crippen LogP contribution is 2.42. The Labute approximate surface area is 214 Å². The molecule has 0 fully saturated rings. The van der Waals surface area contributed by atoms with Gasteiger partial charge in [-0.1, -0.05) is 0 Å². The number of aryl methyl sites for hydroxylation is 1. The zero-order valence-electron chi connectivity index (χ0n) is 20.5. The third-order valence-electron chi connectivity index (χ3n) is 5.07. The van der Waals surface area contributed by atoms with Gasteiger partial charge >= 0.3 is 5.97 Å². The second-order valence-corrected chi connectivity index (χ2v) is 8.55. The number of thiophene rings is 1. The van der Waals surface area contributed by atoms with Gasteiger partial charge in [0.25, 0.3) is 0 Å². The number of hydrogen-bond donors (Lipinski definition) is 3. The molecule has 0 bridgehead atoms. The predicted octanol–water partition coefficient (Wildman–Crippen LogP) is 3.87. The van der Waals surface area contributed by atoms with Crippen LogP contribution in [0.5, 0.6) is 0 Å². The van der Waals surface area contributed by atoms with Crippen LogP contribution in [0.4, 0.5) is 21.4 Å². The van der Waals surface area contributed by atoms with E-state index in [0.29, 0.717) is 50.8 Å². The summed E-state index contributed by atoms with van der Waals surface area (Å²) in [6.07, 6.45) is 0. The smallest absolute Gasteiger partial charge is 0.337 e. The van der Waals surface area contributed by atoms with Gasteiger partial charge in [-0.25, -0.2) is 9.64 Å². The second-order valence-electron chi connectivity index (χ2n) is 7.57. The molecule has 0 saturated heterocycles. The second kappa shape index (κ2) is 15.9. The van der Waals surface area contributed by atoms with E-state index >= 15 is 0 Å². The van der Waals surface area contributed by atoms with Crippen molar-refractivity contribution < 1.29 is 34.3 Å². The summed E-state index contributed by atoms with van der Waals surface area (Å²) in [4.78, 5) is 17.1. The van der Waals surface area contributed by atoms with Gasteiger partial charge in [-0.05, 0) is 43.2 Å². The number of carboxylic acid groups (broad SMARTS) is 1. The molecule has 1 aromatic carbocycles. The van der Waals surface area contributed by atoms with Crippen molar-refractivity contribution in [3.63, 3.8) is 0 Å². The Morgan fingerprint density at radius 2 is 1.61 bits per heavy atom. The summed E-state index contributed by atoms with van der Waals surface area (Å²) in [6.45, 7) is 14.1. The van der Waals surface area contributed by atoms with Gasteiger partial charge < -0.3 is 34.4 Å². The minimum atomic E-state index is -1.14. The maximum Gasteiger partial charge on any atom is 0.337 e. The van der Waals surface area contributed by atoms with Crippen molar-refractivity contribution in [2.45, 2.75) is 13.8 Å². The number of rotatable bonds is 17. The Bertz CT molecular complexity index is 1050. The van der Waals surface area contributed by atoms with E-state index in [1.54, 1.807) is 13.0 Å². The summed E-state index contributed by atoms with van der Waals surface area (Å²) in [7, 11) is 0. The molecule has 2 rings (SSSR count). The van der Waals surface area contributed by atoms with Crippen LogP contribution in [0, 0.1) is 20.4 Å². The van der Waals surface area contributed by atoms with E-state index in [4.69, 9.17) is 31.0 Å². The predicted molar refractivity (Wildman–Crippen MR) is 136 cm³/mol. The average Bonchev–Trinajstić information content (AvgIpc) is 3.19. The number of aliphatic hydroxyl groups is 2. The maximum absolute atomic E-state index is 11.6. The van der Waals surface area contributed by atoms with Crippen LogP contribution in [0.25, 0.3) is 4.85 Å². The molecule has 196 valence electrons. The van der Waals surface area contributed by atoms with Gasteiger partial charge in [0.1, 0.15) is 5.00 Å². The molecule has 11 nitrogen and oxygen atoms in total. The molecule has 1 heterocycles. The van der Waals surface area contributed by atoms with E-state index < -0.39 is 5.97 Å². The number of hydrogen-bond acceptors (Lipinski definition) is 10. The van der Waals surface area contributed by atoms with Gasteiger partial charge in [0.15, 0.2) is 0 Å². The van der Waals surface area contributed by atoms with Crippen molar-refractivity contribution in [3.05, 3.63) is 46.3 Å². The first kappa shape index (κ1) is 29.3. The van der Waals surface area contributed by atoms with E-state index in [-0.39, 0.29) is 42.0 Å². The molecule has 3 N–H and O–H groups in total. The first-order valence-electron chi connectivity index (χ1n) is 11.4. The van der Waals surface area contributed by atoms with Gasteiger partial charge in [-0.2, -0.15) is 0 Å². The van der Waals surface area contributed by atoms with E-state index in [1.165, 1.54) is 0 Å². The highest BCUT2D eigenvalue weighted by molar-refractivity contribution is 7.20. The van der Waals surface area contributed by atoms with Gasteiger partial charge in [0.2, 0.25) is 5.00 Å². The fraction of sp³-hybridized carbons (Fsp3) is 0.500. The minimum Gasteiger partial charge on any atom is -0.478 e. The summed E-state index contributed by atoms with van der Waals surface area (Å²) in [6, 6.07) is 5.64. The quantitative estimate of drug-likeness (QED) is 0.162. The highest BCUT2D eigenvalue weighted by Gasteiger charge is 2.20. The zero-order chi connectivity index (χ0) is 26.3. The molecule has 2 aromatic rings. The number of anilines is 1. The molecule has 0 aliphatic carbocycles. The number of benzene rings is 1. The summed E-state index contributed by atoms with van der Waals surface area (Å²) in [5.41, 5.74) is 2.74. The van der Waals surface area contributed by atoms with Crippen LogP contribution >= 0.6 is 11.3 Å². The summed E-state index contributed by atoms with van der Waals surface area (Å²) in [5, 5.41) is 36.0. The van der Waals surface area contributed by atoms with E-state index in [2.05, 4.69) is 20.0 Å². The van der Waals surface area contributed by atoms with Crippen molar-refractivity contribution in [2.75, 3.05) is 70.8 Å². The molecule has 0 atom stereocenters. The number of ether oxygens (including phenoxy) is 3. The molecule has 0 radical (unpaired) electrons. The van der Waals surface area contributed by atoms with Crippen molar-refractivity contribution in [3.8, 4) is 0 Å². The number of carbonyl (C=O) groups is 1. The number of carboxylic acids is 1. The fourth-order valence-corrected chi connectivity index (χ4v) is 4.14. The van der Waals surface area contributed by atoms with E-state index in [0.717, 1.165) is 22.6 Å². The lowest BCUT2D eigenvalue weighted by Gasteiger charge is -2.25. The van der Waals surface area contributed by atoms with E-state index in [1.807, 2.05) is 19.1 Å². The zero-order valence-corrected chi connectivity index (χ0v) is 21.3. The van der Waals surface area contributed by atoms with Crippen LogP contribution < -0.4 is 4.90 Å². The van der Waals surface area contributed by atoms with Crippen LogP contribution in [-0.4, -0.2) is 87.2 Å². The normalized spacial score (nSPS) is 11.2. The van der Waals surface area contributed by atoms with Gasteiger partial charge in [-0.3, -0.25) is 0 Å². The molecular weight excluding hydrogens is 488 g/mol. The minimum absolute atomic E-state index is 0.000150. The van der Waals surface area contributed by atoms with E-state index in [9.17, 15) is 9.90 Å². The Balaban J connectivity index is 2.11. The van der Waals surface area contributed by atoms with Crippen LogP contribution in [0.3, 0.4) is 0 Å². The van der Waals surface area contributed by atoms with Crippen molar-refractivity contribution >= 4 is 38.7 Å². The largest absolute Gasteiger partial charge is 0.478 e. The average molecular weight is 521 g/mol. The lowest BCUT2D eigenvalue weighted by molar-refractivity contribution is 0.0347. The topological polar surface area (TPSA) is 138 Å². The molecule has 1 aromatic heterocycles. The molecular formula is C24H32N4O7S. The standard InChI is InChI=1S/C24H32N4O7S/c1-17-16-19(28(6-10-33-12-8-29)7-11-34-14-15-35-13-9-30)4-5-20(17)26-27-23-21(24(31)32)18(2)22(25-3)36-23/h4-5,16,29-30H,6-15H2,1-2H3,(H,31,32). The van der Waals surface area contributed by atoms with Gasteiger partial charge in [0.05, 0.1) is 70.7 Å². The lowest BCUT2D eigenvalue weighted by Crippen LogP contribution is -2.31. The number of aliphatic hydroxyl groups excluding tert-OH is 2. The lowest BCUT2D eigenvalue weighted by atomic mass is 10.1. The SMILES string of the molecule is [C-]#[N+]c1sc(N=Nc2ccc(N(CCOCCO)CCOCCOCCO)cc2C)c(C(=O)O)c1C. The van der Waals surface area contributed by atoms with Crippen LogP contribution in [0.1, 0.15) is 21.5 Å². The first-order chi connectivity index (χ1) is 17.4. The van der Waals surface area contributed by atoms with Crippen LogP contribution in [-0.2, 0) is 14.2 Å². The third kappa shape index (κ3) is 8.94. The van der Waals surface area contributed by atoms with Crippen molar-refractivity contribution in [2.24, 2.45) is 10.2 Å². The van der Waals surface area contributed by atoms with Crippen LogP contribution in [0.15, 0.2) is 28.4 Å². The Morgan fingerprint density at radius 3 is 2.17 bits per heavy atom. The molecule has 0 spiro atoms. The molecule has 12 heteroatoms. The molecule has 0 saturated carbocycles. The molecule has 0 aliphatic rings. The molecule has 0 unspecified atom stereocenters. The Morgan fingerprint density at radius 1 is 1.00 bits per heavy atom. The monoisotopic (exact) mass is 520 g/mol. The van der Waals surface area contributed by atoms with Crippen molar-refractivity contribution in [1.82, 2.24) is 0 Å². The number of azo groups is 1. The van der Waals surface area contributed by atoms with Crippen molar-refractivity contribution in [1.29, 1.82) is 0 Å². The van der Waals surface area contributed by atoms with Gasteiger partial charge in [0, 0.05) is 18.8 Å². The third-order valence-corrected chi connectivity index (χ3v) is 6.14. The summed E-state index contributed by atoms with van der Waals surface area (Å²) < 4.78 is 16.2. The number of nitrogens with zero attached hydrogens (tertiary/aromatic N) is 4. The van der Waals surface area contributed by atoms with Crippen LogP contribution in [0.2, 0.25) is 0 Å². The molecule has 0 amide bonds. The first-order valence-corrected chi connectivity index (χ1v) is 12.2. The summed E-state index contributed by atoms with van der Waals surface area (Å²) >= 11 is 1.01. The maximum atomic E-state index is 11.6. The Kier molecular flexibility index (Phi) is 13.0. The molecule has 36 heavy (non-hydrogen) atoms. The summed E-state index contributed by atoms with van der Waals surface area (Å²) in [5.74, 6) is -1.14. The number of aromatic carboxylic acids is 1. The molecule has 0 aliphatic heterocycles. The fourth-order valence-electron chi connectivity index (χ4n) is 3.24. The highest BCUT2D eigenvalue weighted by atomic mass is 32.1. The van der Waals surface area contributed by atoms with Gasteiger partial charge in [-0.15, -0.1) is 21.6 Å². The Hall–Kier alpha value is -2.92.